The number of carbonyl (C=O) groups excluding carboxylic acids is 1. The first-order valence-electron chi connectivity index (χ1n) is 8.08. The number of hydrogen-bond donors (Lipinski definition) is 1. The minimum atomic E-state index is -3.53. The fraction of sp³-hybridized carbons (Fsp3) is 0.438. The summed E-state index contributed by atoms with van der Waals surface area (Å²) in [5, 5.41) is 9.64. The number of nitrogens with zero attached hydrogens (tertiary/aromatic N) is 4. The molecule has 0 radical (unpaired) electrons. The van der Waals surface area contributed by atoms with Crippen molar-refractivity contribution in [3.63, 3.8) is 0 Å². The number of nitrogens with one attached hydrogen (secondary N) is 1. The summed E-state index contributed by atoms with van der Waals surface area (Å²) in [4.78, 5) is 14.0. The molecule has 1 aromatic carbocycles. The topological polar surface area (TPSA) is 97.2 Å². The maximum Gasteiger partial charge on any atom is 0.321 e. The molecule has 2 aromatic rings. The second-order valence-corrected chi connectivity index (χ2v) is 8.38. The average Bonchev–Trinajstić information content (AvgIpc) is 3.02. The quantitative estimate of drug-likeness (QED) is 0.893. The van der Waals surface area contributed by atoms with E-state index in [1.807, 2.05) is 31.2 Å². The van der Waals surface area contributed by atoms with E-state index < -0.39 is 15.1 Å². The molecule has 0 saturated carbocycles. The zero-order valence-corrected chi connectivity index (χ0v) is 15.0. The van der Waals surface area contributed by atoms with E-state index in [4.69, 9.17) is 0 Å². The summed E-state index contributed by atoms with van der Waals surface area (Å²) in [6, 6.07) is 7.35. The van der Waals surface area contributed by atoms with Crippen molar-refractivity contribution in [2.75, 3.05) is 18.4 Å². The van der Waals surface area contributed by atoms with Crippen LogP contribution >= 0.6 is 0 Å². The smallest absolute Gasteiger partial charge is 0.321 e. The van der Waals surface area contributed by atoms with Gasteiger partial charge in [0, 0.05) is 25.8 Å². The number of amides is 2. The highest BCUT2D eigenvalue weighted by Crippen LogP contribution is 2.23. The first-order chi connectivity index (χ1) is 11.9. The number of carbonyl (C=O) groups is 1. The van der Waals surface area contributed by atoms with Crippen LogP contribution in [0.25, 0.3) is 0 Å². The Bertz CT molecular complexity index is 869. The van der Waals surface area contributed by atoms with Gasteiger partial charge in [-0.2, -0.15) is 0 Å². The number of rotatable bonds is 3. The van der Waals surface area contributed by atoms with Crippen molar-refractivity contribution >= 4 is 21.6 Å². The lowest BCUT2D eigenvalue weighted by atomic mass is 10.1. The van der Waals surface area contributed by atoms with Gasteiger partial charge < -0.3 is 14.8 Å². The number of urea groups is 1. The summed E-state index contributed by atoms with van der Waals surface area (Å²) >= 11 is 0. The second-order valence-electron chi connectivity index (χ2n) is 6.26. The number of anilines is 1. The summed E-state index contributed by atoms with van der Waals surface area (Å²) in [5.41, 5.74) is 1.80. The molecule has 0 atom stereocenters. The standard InChI is InChI=1S/C16H21N5O3S/c1-12-4-3-5-13(10-12)18-15(22)21-8-6-14(7-9-21)25(23,24)16-19-17-11-20(16)2/h3-5,10-11,14H,6-9H2,1-2H3,(H,18,22). The number of hydrogen-bond acceptors (Lipinski definition) is 5. The SMILES string of the molecule is Cc1cccc(NC(=O)N2CCC(S(=O)(=O)c3nncn3C)CC2)c1. The van der Waals surface area contributed by atoms with Gasteiger partial charge in [-0.05, 0) is 37.5 Å². The number of aromatic nitrogens is 3. The van der Waals surface area contributed by atoms with Gasteiger partial charge >= 0.3 is 6.03 Å². The third-order valence-corrected chi connectivity index (χ3v) is 6.59. The molecule has 1 aliphatic heterocycles. The molecular weight excluding hydrogens is 342 g/mol. The zero-order chi connectivity index (χ0) is 18.0. The lowest BCUT2D eigenvalue weighted by Gasteiger charge is -2.31. The molecular formula is C16H21N5O3S. The van der Waals surface area contributed by atoms with Gasteiger partial charge in [-0.1, -0.05) is 12.1 Å². The van der Waals surface area contributed by atoms with Gasteiger partial charge in [-0.15, -0.1) is 10.2 Å². The molecule has 1 aromatic heterocycles. The van der Waals surface area contributed by atoms with Crippen LogP contribution in [0.15, 0.2) is 35.7 Å². The number of likely N-dealkylation sites (tertiary alicyclic amines) is 1. The van der Waals surface area contributed by atoms with Crippen molar-refractivity contribution in [3.05, 3.63) is 36.2 Å². The maximum atomic E-state index is 12.6. The molecule has 3 rings (SSSR count). The Morgan fingerprint density at radius 1 is 1.28 bits per heavy atom. The lowest BCUT2D eigenvalue weighted by Crippen LogP contribution is -2.44. The van der Waals surface area contributed by atoms with Crippen LogP contribution in [-0.2, 0) is 16.9 Å². The first-order valence-corrected chi connectivity index (χ1v) is 9.63. The fourth-order valence-electron chi connectivity index (χ4n) is 2.97. The molecule has 0 spiro atoms. The second kappa shape index (κ2) is 6.83. The molecule has 0 bridgehead atoms. The number of aryl methyl sites for hydroxylation is 2. The summed E-state index contributed by atoms with van der Waals surface area (Å²) < 4.78 is 26.7. The van der Waals surface area contributed by atoms with E-state index >= 15 is 0 Å². The van der Waals surface area contributed by atoms with Crippen LogP contribution in [0.2, 0.25) is 0 Å². The van der Waals surface area contributed by atoms with Crippen molar-refractivity contribution in [2.24, 2.45) is 7.05 Å². The van der Waals surface area contributed by atoms with Crippen LogP contribution < -0.4 is 5.32 Å². The molecule has 8 nitrogen and oxygen atoms in total. The van der Waals surface area contributed by atoms with Gasteiger partial charge in [0.2, 0.25) is 15.0 Å². The maximum absolute atomic E-state index is 12.6. The predicted octanol–water partition coefficient (Wildman–Crippen LogP) is 1.59. The van der Waals surface area contributed by atoms with Crippen LogP contribution in [0.1, 0.15) is 18.4 Å². The van der Waals surface area contributed by atoms with Crippen molar-refractivity contribution in [3.8, 4) is 0 Å². The van der Waals surface area contributed by atoms with Crippen molar-refractivity contribution in [2.45, 2.75) is 30.2 Å². The van der Waals surface area contributed by atoms with Gasteiger partial charge in [-0.3, -0.25) is 0 Å². The minimum absolute atomic E-state index is 0.0184. The molecule has 1 fully saturated rings. The van der Waals surface area contributed by atoms with Gasteiger partial charge in [0.1, 0.15) is 6.33 Å². The Labute approximate surface area is 146 Å². The Morgan fingerprint density at radius 3 is 2.60 bits per heavy atom. The van der Waals surface area contributed by atoms with Crippen LogP contribution in [-0.4, -0.2) is 52.5 Å². The summed E-state index contributed by atoms with van der Waals surface area (Å²) in [6.45, 7) is 2.73. The van der Waals surface area contributed by atoms with Gasteiger partial charge in [0.15, 0.2) is 0 Å². The summed E-state index contributed by atoms with van der Waals surface area (Å²) in [5.74, 6) is 0. The Balaban J connectivity index is 1.62. The number of sulfone groups is 1. The number of piperidine rings is 1. The molecule has 1 aliphatic rings. The van der Waals surface area contributed by atoms with Crippen molar-refractivity contribution < 1.29 is 13.2 Å². The molecule has 25 heavy (non-hydrogen) atoms. The normalized spacial score (nSPS) is 16.0. The minimum Gasteiger partial charge on any atom is -0.324 e. The highest BCUT2D eigenvalue weighted by Gasteiger charge is 2.35. The molecule has 0 aliphatic carbocycles. The van der Waals surface area contributed by atoms with Crippen LogP contribution in [0.4, 0.5) is 10.5 Å². The van der Waals surface area contributed by atoms with E-state index in [2.05, 4.69) is 15.5 Å². The van der Waals surface area contributed by atoms with Crippen LogP contribution in [0.5, 0.6) is 0 Å². The lowest BCUT2D eigenvalue weighted by molar-refractivity contribution is 0.200. The highest BCUT2D eigenvalue weighted by molar-refractivity contribution is 7.91. The summed E-state index contributed by atoms with van der Waals surface area (Å²) in [7, 11) is -1.92. The molecule has 134 valence electrons. The third kappa shape index (κ3) is 3.65. The van der Waals surface area contributed by atoms with E-state index in [0.717, 1.165) is 11.3 Å². The van der Waals surface area contributed by atoms with E-state index in [-0.39, 0.29) is 11.2 Å². The van der Waals surface area contributed by atoms with Crippen molar-refractivity contribution in [1.29, 1.82) is 0 Å². The molecule has 0 unspecified atom stereocenters. The predicted molar refractivity (Wildman–Crippen MR) is 93.0 cm³/mol. The third-order valence-electron chi connectivity index (χ3n) is 4.36. The Kier molecular flexibility index (Phi) is 4.76. The van der Waals surface area contributed by atoms with Crippen LogP contribution in [0, 0.1) is 6.92 Å². The fourth-order valence-corrected chi connectivity index (χ4v) is 4.71. The largest absolute Gasteiger partial charge is 0.324 e. The Hall–Kier alpha value is -2.42. The first kappa shape index (κ1) is 17.4. The summed E-state index contributed by atoms with van der Waals surface area (Å²) in [6.07, 6.45) is 2.14. The average molecular weight is 363 g/mol. The van der Waals surface area contributed by atoms with E-state index in [0.29, 0.717) is 25.9 Å². The van der Waals surface area contributed by atoms with Crippen LogP contribution in [0.3, 0.4) is 0 Å². The Morgan fingerprint density at radius 2 is 2.00 bits per heavy atom. The van der Waals surface area contributed by atoms with Crippen molar-refractivity contribution in [1.82, 2.24) is 19.7 Å². The van der Waals surface area contributed by atoms with Gasteiger partial charge in [0.05, 0.1) is 5.25 Å². The molecule has 1 saturated heterocycles. The highest BCUT2D eigenvalue weighted by atomic mass is 32.2. The molecule has 1 N–H and O–H groups in total. The zero-order valence-electron chi connectivity index (χ0n) is 14.2. The van der Waals surface area contributed by atoms with Gasteiger partial charge in [-0.25, -0.2) is 13.2 Å². The molecule has 2 amide bonds. The van der Waals surface area contributed by atoms with E-state index in [9.17, 15) is 13.2 Å². The van der Waals surface area contributed by atoms with E-state index in [1.54, 1.807) is 11.9 Å². The number of benzene rings is 1. The molecule has 2 heterocycles. The molecule has 9 heteroatoms. The van der Waals surface area contributed by atoms with E-state index in [1.165, 1.54) is 10.9 Å². The monoisotopic (exact) mass is 363 g/mol. The van der Waals surface area contributed by atoms with Gasteiger partial charge in [0.25, 0.3) is 0 Å².